The lowest BCUT2D eigenvalue weighted by atomic mass is 9.45. The Kier molecular flexibility index (Phi) is 6.15. The second kappa shape index (κ2) is 8.35. The van der Waals surface area contributed by atoms with Gasteiger partial charge >= 0.3 is 5.97 Å². The molecule has 0 heterocycles. The molecule has 164 valence electrons. The monoisotopic (exact) mass is 402 g/mol. The van der Waals surface area contributed by atoms with Crippen LogP contribution in [0.5, 0.6) is 0 Å². The van der Waals surface area contributed by atoms with Gasteiger partial charge in [-0.2, -0.15) is 0 Å². The maximum absolute atomic E-state index is 12.5. The van der Waals surface area contributed by atoms with E-state index in [1.807, 2.05) is 0 Å². The van der Waals surface area contributed by atoms with Crippen molar-refractivity contribution in [2.75, 3.05) is 0 Å². The maximum Gasteiger partial charge on any atom is 0.306 e. The molecule has 0 saturated heterocycles. The average Bonchev–Trinajstić information content (AvgIpc) is 3.02. The van der Waals surface area contributed by atoms with Gasteiger partial charge in [-0.3, -0.25) is 9.59 Å². The Hall–Kier alpha value is -0.860. The molecule has 3 unspecified atom stereocenters. The molecule has 4 aliphatic carbocycles. The smallest absolute Gasteiger partial charge is 0.306 e. The van der Waals surface area contributed by atoms with Crippen molar-refractivity contribution in [1.29, 1.82) is 0 Å². The molecule has 4 fully saturated rings. The first kappa shape index (κ1) is 21.4. The summed E-state index contributed by atoms with van der Waals surface area (Å²) in [6, 6.07) is 0. The molecule has 3 nitrogen and oxygen atoms in total. The van der Waals surface area contributed by atoms with Gasteiger partial charge in [0.05, 0.1) is 0 Å². The number of hydrogen-bond donors (Lipinski definition) is 0. The van der Waals surface area contributed by atoms with Crippen LogP contribution >= 0.6 is 0 Å². The molecule has 0 N–H and O–H groups in total. The molecule has 0 aromatic carbocycles. The van der Waals surface area contributed by atoms with Crippen molar-refractivity contribution in [3.8, 4) is 0 Å². The van der Waals surface area contributed by atoms with E-state index in [1.54, 1.807) is 0 Å². The normalized spacial score (nSPS) is 44.0. The van der Waals surface area contributed by atoms with Gasteiger partial charge < -0.3 is 4.74 Å². The van der Waals surface area contributed by atoms with Crippen molar-refractivity contribution in [2.24, 2.45) is 34.5 Å². The summed E-state index contributed by atoms with van der Waals surface area (Å²) >= 11 is 0. The number of ketones is 1. The van der Waals surface area contributed by atoms with Crippen LogP contribution in [-0.2, 0) is 14.3 Å². The number of carbonyl (C=O) groups is 2. The second-order valence-electron chi connectivity index (χ2n) is 11.3. The van der Waals surface area contributed by atoms with Crippen LogP contribution in [0.3, 0.4) is 0 Å². The summed E-state index contributed by atoms with van der Waals surface area (Å²) in [4.78, 5) is 24.5. The first-order valence-electron chi connectivity index (χ1n) is 12.6. The van der Waals surface area contributed by atoms with Crippen LogP contribution in [-0.4, -0.2) is 17.9 Å². The standard InChI is InChI=1S/C26H42O3/c1-4-5-6-7-8-24(28)29-23-12-11-21-20-10-9-18-17-19(27)13-15-25(18,2)22(20)14-16-26(21,23)3/h18,20-23H,4-17H2,1-3H3/t18-,20?,21?,22?,23+,25+,26+/m1/s1. The minimum Gasteiger partial charge on any atom is -0.462 e. The Morgan fingerprint density at radius 2 is 1.76 bits per heavy atom. The van der Waals surface area contributed by atoms with Gasteiger partial charge in [0.15, 0.2) is 0 Å². The highest BCUT2D eigenvalue weighted by atomic mass is 16.5. The third kappa shape index (κ3) is 3.81. The molecule has 29 heavy (non-hydrogen) atoms. The fraction of sp³-hybridized carbons (Fsp3) is 0.923. The highest BCUT2D eigenvalue weighted by Gasteiger charge is 2.61. The molecule has 0 aromatic heterocycles. The van der Waals surface area contributed by atoms with E-state index in [0.717, 1.165) is 50.4 Å². The van der Waals surface area contributed by atoms with Crippen molar-refractivity contribution in [3.63, 3.8) is 0 Å². The van der Waals surface area contributed by atoms with E-state index in [1.165, 1.54) is 44.9 Å². The molecule has 0 amide bonds. The molecule has 0 bridgehead atoms. The molecule has 4 saturated carbocycles. The molecule has 4 aliphatic rings. The van der Waals surface area contributed by atoms with Crippen LogP contribution in [0.25, 0.3) is 0 Å². The zero-order valence-electron chi connectivity index (χ0n) is 19.0. The Morgan fingerprint density at radius 1 is 0.966 bits per heavy atom. The van der Waals surface area contributed by atoms with Gasteiger partial charge in [0.25, 0.3) is 0 Å². The average molecular weight is 403 g/mol. The largest absolute Gasteiger partial charge is 0.462 e. The van der Waals surface area contributed by atoms with Gasteiger partial charge in [-0.05, 0) is 80.5 Å². The number of fused-ring (bicyclic) bond motifs is 5. The van der Waals surface area contributed by atoms with Gasteiger partial charge in [0.2, 0.25) is 0 Å². The highest BCUT2D eigenvalue weighted by molar-refractivity contribution is 5.79. The number of unbranched alkanes of at least 4 members (excludes halogenated alkanes) is 3. The summed E-state index contributed by atoms with van der Waals surface area (Å²) in [7, 11) is 0. The molecule has 0 aliphatic heterocycles. The van der Waals surface area contributed by atoms with E-state index in [9.17, 15) is 9.59 Å². The molecule has 0 spiro atoms. The topological polar surface area (TPSA) is 43.4 Å². The lowest BCUT2D eigenvalue weighted by molar-refractivity contribution is -0.164. The first-order chi connectivity index (χ1) is 13.9. The van der Waals surface area contributed by atoms with Crippen molar-refractivity contribution in [1.82, 2.24) is 0 Å². The first-order valence-corrected chi connectivity index (χ1v) is 12.6. The quantitative estimate of drug-likeness (QED) is 0.377. The predicted octanol–water partition coefficient (Wildman–Crippen LogP) is 6.48. The van der Waals surface area contributed by atoms with Crippen molar-refractivity contribution < 1.29 is 14.3 Å². The van der Waals surface area contributed by atoms with Crippen LogP contribution in [0, 0.1) is 34.5 Å². The van der Waals surface area contributed by atoms with Crippen molar-refractivity contribution in [3.05, 3.63) is 0 Å². The summed E-state index contributed by atoms with van der Waals surface area (Å²) in [6.45, 7) is 7.13. The summed E-state index contributed by atoms with van der Waals surface area (Å²) in [5.74, 6) is 3.41. The molecule has 3 heteroatoms. The fourth-order valence-corrected chi connectivity index (χ4v) is 8.10. The van der Waals surface area contributed by atoms with E-state index in [-0.39, 0.29) is 17.5 Å². The third-order valence-corrected chi connectivity index (χ3v) is 9.90. The minimum atomic E-state index is 0.0385. The van der Waals surface area contributed by atoms with E-state index in [2.05, 4.69) is 20.8 Å². The lowest BCUT2D eigenvalue weighted by Crippen LogP contribution is -2.54. The molecule has 7 atom stereocenters. The van der Waals surface area contributed by atoms with Gasteiger partial charge in [-0.1, -0.05) is 40.0 Å². The van der Waals surface area contributed by atoms with E-state index < -0.39 is 0 Å². The third-order valence-electron chi connectivity index (χ3n) is 9.90. The Balaban J connectivity index is 1.41. The van der Waals surface area contributed by atoms with Crippen LogP contribution in [0.1, 0.15) is 111 Å². The van der Waals surface area contributed by atoms with Crippen molar-refractivity contribution in [2.45, 2.75) is 117 Å². The van der Waals surface area contributed by atoms with Crippen molar-refractivity contribution >= 4 is 11.8 Å². The number of hydrogen-bond acceptors (Lipinski definition) is 3. The lowest BCUT2D eigenvalue weighted by Gasteiger charge is -2.60. The van der Waals surface area contributed by atoms with Crippen LogP contribution < -0.4 is 0 Å². The highest BCUT2D eigenvalue weighted by Crippen LogP contribution is 2.66. The zero-order valence-corrected chi connectivity index (χ0v) is 19.0. The SMILES string of the molecule is CCCCCCC(=O)O[C@H]1CCC2C3CC[C@@H]4CC(=O)CC[C@]4(C)C3CC[C@@]21C. The van der Waals surface area contributed by atoms with E-state index in [0.29, 0.717) is 29.5 Å². The van der Waals surface area contributed by atoms with Crippen LogP contribution in [0.15, 0.2) is 0 Å². The summed E-state index contributed by atoms with van der Waals surface area (Å²) in [6.07, 6.45) is 15.3. The van der Waals surface area contributed by atoms with Gasteiger partial charge in [0.1, 0.15) is 11.9 Å². The summed E-state index contributed by atoms with van der Waals surface area (Å²) < 4.78 is 6.11. The minimum absolute atomic E-state index is 0.0385. The predicted molar refractivity (Wildman–Crippen MR) is 115 cm³/mol. The number of carbonyl (C=O) groups excluding carboxylic acids is 2. The van der Waals surface area contributed by atoms with E-state index in [4.69, 9.17) is 4.74 Å². The number of ether oxygens (including phenoxy) is 1. The molecule has 0 radical (unpaired) electrons. The number of rotatable bonds is 6. The number of esters is 1. The second-order valence-corrected chi connectivity index (χ2v) is 11.3. The maximum atomic E-state index is 12.5. The molecule has 0 aromatic rings. The summed E-state index contributed by atoms with van der Waals surface area (Å²) in [5, 5.41) is 0. The fourth-order valence-electron chi connectivity index (χ4n) is 8.10. The van der Waals surface area contributed by atoms with Crippen LogP contribution in [0.4, 0.5) is 0 Å². The summed E-state index contributed by atoms with van der Waals surface area (Å²) in [5.41, 5.74) is 0.542. The number of Topliss-reactive ketones (excluding diaryl/α,β-unsaturated/α-hetero) is 1. The Labute approximate surface area is 177 Å². The molecule has 4 rings (SSSR count). The zero-order chi connectivity index (χ0) is 20.6. The van der Waals surface area contributed by atoms with Gasteiger partial charge in [-0.25, -0.2) is 0 Å². The Bertz CT molecular complexity index is 627. The van der Waals surface area contributed by atoms with Crippen LogP contribution in [0.2, 0.25) is 0 Å². The van der Waals surface area contributed by atoms with E-state index >= 15 is 0 Å². The molecular weight excluding hydrogens is 360 g/mol. The van der Waals surface area contributed by atoms with Gasteiger partial charge in [0, 0.05) is 24.7 Å². The van der Waals surface area contributed by atoms with Gasteiger partial charge in [-0.15, -0.1) is 0 Å². The molecular formula is C26H42O3. The Morgan fingerprint density at radius 3 is 2.55 bits per heavy atom.